The lowest BCUT2D eigenvalue weighted by atomic mass is 10.3. The molecule has 1 atom stereocenters. The van der Waals surface area contributed by atoms with E-state index in [1.54, 1.807) is 18.2 Å². The summed E-state index contributed by atoms with van der Waals surface area (Å²) < 4.78 is 17.3. The van der Waals surface area contributed by atoms with E-state index in [-0.39, 0.29) is 5.88 Å². The summed E-state index contributed by atoms with van der Waals surface area (Å²) in [5, 5.41) is 9.01. The van der Waals surface area contributed by atoms with Gasteiger partial charge in [0.25, 0.3) is 6.29 Å². The maximum atomic E-state index is 11.0. The fourth-order valence-electron chi connectivity index (χ4n) is 2.25. The van der Waals surface area contributed by atoms with Crippen LogP contribution in [0.3, 0.4) is 0 Å². The number of aliphatic carboxylic acids is 1. The second kappa shape index (κ2) is 8.71. The third-order valence-electron chi connectivity index (χ3n) is 3.60. The van der Waals surface area contributed by atoms with Crippen molar-refractivity contribution in [1.29, 1.82) is 0 Å². The lowest BCUT2D eigenvalue weighted by Crippen LogP contribution is -2.24. The highest BCUT2D eigenvalue weighted by molar-refractivity contribution is 5.72. The fourth-order valence-corrected chi connectivity index (χ4v) is 2.25. The summed E-state index contributed by atoms with van der Waals surface area (Å²) >= 11 is 0. The molecule has 6 nitrogen and oxygen atoms in total. The first-order valence-electron chi connectivity index (χ1n) is 8.41. The van der Waals surface area contributed by atoms with Gasteiger partial charge in [-0.25, -0.2) is 9.78 Å². The average molecular weight is 365 g/mol. The number of para-hydroxylation sites is 2. The molecule has 0 saturated carbocycles. The molecule has 0 aliphatic rings. The highest BCUT2D eigenvalue weighted by atomic mass is 16.7. The van der Waals surface area contributed by atoms with Crippen LogP contribution in [-0.2, 0) is 4.79 Å². The molecule has 138 valence electrons. The molecule has 3 aromatic rings. The van der Waals surface area contributed by atoms with Gasteiger partial charge >= 0.3 is 5.97 Å². The SMILES string of the molecule is CC(Oc1cccc(C(Oc2ccccc2)Oc2ccccc2)n1)C(=O)O. The Balaban J connectivity index is 1.86. The first-order chi connectivity index (χ1) is 13.1. The summed E-state index contributed by atoms with van der Waals surface area (Å²) in [5.74, 6) is 0.344. The van der Waals surface area contributed by atoms with Crippen molar-refractivity contribution < 1.29 is 24.1 Å². The molecule has 1 N–H and O–H groups in total. The molecule has 0 aliphatic carbocycles. The van der Waals surface area contributed by atoms with Gasteiger partial charge in [0.2, 0.25) is 5.88 Å². The molecule has 0 aliphatic heterocycles. The van der Waals surface area contributed by atoms with Crippen LogP contribution in [0.2, 0.25) is 0 Å². The largest absolute Gasteiger partial charge is 0.479 e. The fraction of sp³-hybridized carbons (Fsp3) is 0.143. The van der Waals surface area contributed by atoms with E-state index in [9.17, 15) is 4.79 Å². The zero-order chi connectivity index (χ0) is 19.1. The number of carbonyl (C=O) groups is 1. The number of benzene rings is 2. The number of rotatable bonds is 8. The summed E-state index contributed by atoms with van der Waals surface area (Å²) in [6, 6.07) is 23.5. The number of pyridine rings is 1. The van der Waals surface area contributed by atoms with E-state index in [1.165, 1.54) is 6.92 Å². The number of carboxylic acid groups (broad SMARTS) is 1. The molecule has 0 saturated heterocycles. The van der Waals surface area contributed by atoms with Gasteiger partial charge in [0.1, 0.15) is 17.2 Å². The van der Waals surface area contributed by atoms with Gasteiger partial charge in [-0.1, -0.05) is 42.5 Å². The number of ether oxygens (including phenoxy) is 3. The number of aromatic nitrogens is 1. The molecule has 27 heavy (non-hydrogen) atoms. The van der Waals surface area contributed by atoms with Gasteiger partial charge in [0.15, 0.2) is 6.10 Å². The van der Waals surface area contributed by atoms with Crippen LogP contribution in [0.25, 0.3) is 0 Å². The number of hydrogen-bond acceptors (Lipinski definition) is 5. The third kappa shape index (κ3) is 5.22. The van der Waals surface area contributed by atoms with Crippen LogP contribution in [0.1, 0.15) is 18.9 Å². The van der Waals surface area contributed by atoms with E-state index >= 15 is 0 Å². The summed E-state index contributed by atoms with van der Waals surface area (Å²) in [5.41, 5.74) is 0.456. The molecule has 0 radical (unpaired) electrons. The van der Waals surface area contributed by atoms with Gasteiger partial charge in [-0.3, -0.25) is 0 Å². The lowest BCUT2D eigenvalue weighted by Gasteiger charge is -2.21. The van der Waals surface area contributed by atoms with Gasteiger partial charge in [-0.2, -0.15) is 0 Å². The van der Waals surface area contributed by atoms with Crippen molar-refractivity contribution in [1.82, 2.24) is 4.98 Å². The van der Waals surface area contributed by atoms with Crippen molar-refractivity contribution in [2.24, 2.45) is 0 Å². The van der Waals surface area contributed by atoms with Crippen LogP contribution >= 0.6 is 0 Å². The van der Waals surface area contributed by atoms with Crippen molar-refractivity contribution in [2.45, 2.75) is 19.3 Å². The summed E-state index contributed by atoms with van der Waals surface area (Å²) in [6.45, 7) is 1.44. The smallest absolute Gasteiger partial charge is 0.344 e. The van der Waals surface area contributed by atoms with Gasteiger partial charge < -0.3 is 19.3 Å². The zero-order valence-corrected chi connectivity index (χ0v) is 14.7. The van der Waals surface area contributed by atoms with Crippen LogP contribution in [-0.4, -0.2) is 22.2 Å². The van der Waals surface area contributed by atoms with Gasteiger partial charge in [0, 0.05) is 6.07 Å². The van der Waals surface area contributed by atoms with E-state index < -0.39 is 18.4 Å². The molecule has 3 rings (SSSR count). The van der Waals surface area contributed by atoms with Crippen molar-refractivity contribution in [3.63, 3.8) is 0 Å². The Morgan fingerprint density at radius 3 is 1.89 bits per heavy atom. The highest BCUT2D eigenvalue weighted by Crippen LogP contribution is 2.26. The average Bonchev–Trinajstić information content (AvgIpc) is 2.69. The van der Waals surface area contributed by atoms with Crippen LogP contribution in [0.5, 0.6) is 17.4 Å². The molecule has 0 amide bonds. The molecule has 6 heteroatoms. The standard InChI is InChI=1S/C21H19NO5/c1-15(20(23)24)25-19-14-8-13-18(22-19)21(26-16-9-4-2-5-10-16)27-17-11-6-3-7-12-17/h2-15,21H,1H3,(H,23,24). The predicted octanol–water partition coefficient (Wildman–Crippen LogP) is 4.09. The zero-order valence-electron chi connectivity index (χ0n) is 14.7. The third-order valence-corrected chi connectivity index (χ3v) is 3.60. The molecule has 1 unspecified atom stereocenters. The number of hydrogen-bond donors (Lipinski definition) is 1. The van der Waals surface area contributed by atoms with Crippen LogP contribution in [0.15, 0.2) is 78.9 Å². The Kier molecular flexibility index (Phi) is 5.89. The molecule has 1 heterocycles. The Bertz CT molecular complexity index is 829. The van der Waals surface area contributed by atoms with Crippen molar-refractivity contribution >= 4 is 5.97 Å². The predicted molar refractivity (Wildman–Crippen MR) is 98.8 cm³/mol. The lowest BCUT2D eigenvalue weighted by molar-refractivity contribution is -0.144. The minimum atomic E-state index is -1.07. The Hall–Kier alpha value is -3.54. The molecule has 2 aromatic carbocycles. The summed E-state index contributed by atoms with van der Waals surface area (Å²) in [7, 11) is 0. The first kappa shape index (κ1) is 18.3. The summed E-state index contributed by atoms with van der Waals surface area (Å²) in [6.07, 6.45) is -1.85. The van der Waals surface area contributed by atoms with Crippen molar-refractivity contribution in [3.8, 4) is 17.4 Å². The quantitative estimate of drug-likeness (QED) is 0.606. The minimum Gasteiger partial charge on any atom is -0.479 e. The number of carboxylic acids is 1. The Morgan fingerprint density at radius 2 is 1.37 bits per heavy atom. The van der Waals surface area contributed by atoms with Crippen LogP contribution < -0.4 is 14.2 Å². The molecular weight excluding hydrogens is 346 g/mol. The topological polar surface area (TPSA) is 77.9 Å². The normalized spacial score (nSPS) is 11.6. The number of nitrogens with zero attached hydrogens (tertiary/aromatic N) is 1. The molecule has 0 bridgehead atoms. The first-order valence-corrected chi connectivity index (χ1v) is 8.41. The minimum absolute atomic E-state index is 0.181. The molecule has 1 aromatic heterocycles. The van der Waals surface area contributed by atoms with E-state index in [4.69, 9.17) is 19.3 Å². The van der Waals surface area contributed by atoms with E-state index in [0.29, 0.717) is 17.2 Å². The van der Waals surface area contributed by atoms with Gasteiger partial charge in [0.05, 0.1) is 0 Å². The van der Waals surface area contributed by atoms with Crippen molar-refractivity contribution in [2.75, 3.05) is 0 Å². The second-order valence-corrected chi connectivity index (χ2v) is 5.69. The maximum absolute atomic E-state index is 11.0. The molecule has 0 fully saturated rings. The van der Waals surface area contributed by atoms with Crippen LogP contribution in [0, 0.1) is 0 Å². The monoisotopic (exact) mass is 365 g/mol. The van der Waals surface area contributed by atoms with E-state index in [2.05, 4.69) is 4.98 Å². The van der Waals surface area contributed by atoms with E-state index in [1.807, 2.05) is 60.7 Å². The van der Waals surface area contributed by atoms with Crippen molar-refractivity contribution in [3.05, 3.63) is 84.6 Å². The summed E-state index contributed by atoms with van der Waals surface area (Å²) in [4.78, 5) is 15.4. The Morgan fingerprint density at radius 1 is 0.815 bits per heavy atom. The molecule has 0 spiro atoms. The maximum Gasteiger partial charge on any atom is 0.344 e. The van der Waals surface area contributed by atoms with E-state index in [0.717, 1.165) is 0 Å². The van der Waals surface area contributed by atoms with Crippen LogP contribution in [0.4, 0.5) is 0 Å². The van der Waals surface area contributed by atoms with Gasteiger partial charge in [-0.05, 0) is 37.3 Å². The second-order valence-electron chi connectivity index (χ2n) is 5.69. The molecular formula is C21H19NO5. The highest BCUT2D eigenvalue weighted by Gasteiger charge is 2.20. The Labute approximate surface area is 157 Å². The van der Waals surface area contributed by atoms with Gasteiger partial charge in [-0.15, -0.1) is 0 Å².